The topological polar surface area (TPSA) is 113 Å². The maximum atomic E-state index is 13.1. The van der Waals surface area contributed by atoms with Gasteiger partial charge in [-0.15, -0.1) is 0 Å². The second-order valence-corrected chi connectivity index (χ2v) is 12.5. The van der Waals surface area contributed by atoms with Crippen molar-refractivity contribution in [1.29, 1.82) is 0 Å². The smallest absolute Gasteiger partial charge is 0.255 e. The standard InChI is InChI=1S/C28H33N3O6S/c1-18(2)20-12-14-30(15-13-20)38(35,36)21-8-6-19(7-9-21)17-37-25-5-3-4-22-23(25)16-31(28(22)34)24-10-11-26(32)29-27(24)33/h3-9,18,20,24H,10-17H2,1-2H3,(H,29,32,33). The molecule has 3 aliphatic heterocycles. The SMILES string of the molecule is CC(C)C1CCN(S(=O)(=O)c2ccc(COc3cccc4c3CN(C3CCC(=O)NC3=O)C4=O)cc2)CC1. The van der Waals surface area contributed by atoms with Crippen LogP contribution in [0.5, 0.6) is 5.75 Å². The Labute approximate surface area is 223 Å². The van der Waals surface area contributed by atoms with Gasteiger partial charge in [-0.25, -0.2) is 8.42 Å². The Morgan fingerprint density at radius 2 is 1.71 bits per heavy atom. The zero-order valence-corrected chi connectivity index (χ0v) is 22.5. The number of piperidine rings is 2. The van der Waals surface area contributed by atoms with Crippen LogP contribution in [0.25, 0.3) is 0 Å². The van der Waals surface area contributed by atoms with E-state index >= 15 is 0 Å². The van der Waals surface area contributed by atoms with Crippen molar-refractivity contribution in [1.82, 2.24) is 14.5 Å². The van der Waals surface area contributed by atoms with Crippen molar-refractivity contribution in [3.05, 3.63) is 59.2 Å². The van der Waals surface area contributed by atoms with Crippen LogP contribution in [-0.2, 0) is 32.8 Å². The summed E-state index contributed by atoms with van der Waals surface area (Å²) >= 11 is 0. The molecule has 0 saturated carbocycles. The Kier molecular flexibility index (Phi) is 7.28. The molecule has 38 heavy (non-hydrogen) atoms. The Balaban J connectivity index is 1.23. The van der Waals surface area contributed by atoms with E-state index < -0.39 is 22.0 Å². The predicted molar refractivity (Wildman–Crippen MR) is 140 cm³/mol. The highest BCUT2D eigenvalue weighted by Crippen LogP contribution is 2.34. The molecule has 10 heteroatoms. The van der Waals surface area contributed by atoms with Gasteiger partial charge in [0.25, 0.3) is 5.91 Å². The highest BCUT2D eigenvalue weighted by Gasteiger charge is 2.40. The van der Waals surface area contributed by atoms with E-state index in [9.17, 15) is 22.8 Å². The second-order valence-electron chi connectivity index (χ2n) is 10.6. The van der Waals surface area contributed by atoms with Crippen LogP contribution in [0.4, 0.5) is 0 Å². The molecule has 3 amide bonds. The third kappa shape index (κ3) is 5.07. The number of nitrogens with zero attached hydrogens (tertiary/aromatic N) is 2. The van der Waals surface area contributed by atoms with Crippen LogP contribution in [-0.4, -0.2) is 54.5 Å². The van der Waals surface area contributed by atoms with E-state index in [2.05, 4.69) is 19.2 Å². The number of rotatable bonds is 7. The molecule has 9 nitrogen and oxygen atoms in total. The van der Waals surface area contributed by atoms with E-state index in [4.69, 9.17) is 4.74 Å². The van der Waals surface area contributed by atoms with Crippen LogP contribution < -0.4 is 10.1 Å². The lowest BCUT2D eigenvalue weighted by atomic mass is 9.87. The molecule has 1 atom stereocenters. The number of fused-ring (bicyclic) bond motifs is 1. The van der Waals surface area contributed by atoms with Gasteiger partial charge in [0.2, 0.25) is 21.8 Å². The summed E-state index contributed by atoms with van der Waals surface area (Å²) in [7, 11) is -3.54. The molecule has 202 valence electrons. The Morgan fingerprint density at radius 3 is 2.37 bits per heavy atom. The van der Waals surface area contributed by atoms with Crippen LogP contribution in [0.15, 0.2) is 47.4 Å². The van der Waals surface area contributed by atoms with Crippen LogP contribution in [0.1, 0.15) is 61.0 Å². The summed E-state index contributed by atoms with van der Waals surface area (Å²) in [6.45, 7) is 5.88. The van der Waals surface area contributed by atoms with Gasteiger partial charge >= 0.3 is 0 Å². The molecule has 1 unspecified atom stereocenters. The quantitative estimate of drug-likeness (QED) is 0.541. The third-order valence-electron chi connectivity index (χ3n) is 7.94. The number of ether oxygens (including phenoxy) is 1. The summed E-state index contributed by atoms with van der Waals surface area (Å²) in [5.74, 6) is 0.621. The lowest BCUT2D eigenvalue weighted by Crippen LogP contribution is -2.52. The van der Waals surface area contributed by atoms with Gasteiger partial charge in [-0.3, -0.25) is 19.7 Å². The van der Waals surface area contributed by atoms with Gasteiger partial charge in [0, 0.05) is 30.6 Å². The monoisotopic (exact) mass is 539 g/mol. The van der Waals surface area contributed by atoms with Gasteiger partial charge in [0.15, 0.2) is 0 Å². The van der Waals surface area contributed by atoms with Crippen molar-refractivity contribution in [2.75, 3.05) is 13.1 Å². The summed E-state index contributed by atoms with van der Waals surface area (Å²) in [6, 6.07) is 11.3. The first kappa shape index (κ1) is 26.4. The van der Waals surface area contributed by atoms with Gasteiger partial charge in [-0.1, -0.05) is 32.0 Å². The molecule has 2 saturated heterocycles. The summed E-state index contributed by atoms with van der Waals surface area (Å²) in [4.78, 5) is 38.6. The highest BCUT2D eigenvalue weighted by molar-refractivity contribution is 7.89. The average Bonchev–Trinajstić information content (AvgIpc) is 3.24. The van der Waals surface area contributed by atoms with Crippen molar-refractivity contribution < 1.29 is 27.5 Å². The van der Waals surface area contributed by atoms with E-state index in [1.807, 2.05) is 0 Å². The number of hydrogen-bond donors (Lipinski definition) is 1. The Hall–Kier alpha value is -3.24. The van der Waals surface area contributed by atoms with E-state index in [1.165, 1.54) is 4.90 Å². The number of carbonyl (C=O) groups is 3. The molecule has 1 N–H and O–H groups in total. The second kappa shape index (κ2) is 10.5. The molecule has 0 radical (unpaired) electrons. The highest BCUT2D eigenvalue weighted by atomic mass is 32.2. The minimum atomic E-state index is -3.54. The number of imide groups is 1. The van der Waals surface area contributed by atoms with Gasteiger partial charge < -0.3 is 9.64 Å². The van der Waals surface area contributed by atoms with E-state index in [0.29, 0.717) is 48.2 Å². The molecule has 0 aliphatic carbocycles. The van der Waals surface area contributed by atoms with E-state index in [-0.39, 0.29) is 36.3 Å². The predicted octanol–water partition coefficient (Wildman–Crippen LogP) is 3.08. The first-order chi connectivity index (χ1) is 18.1. The summed E-state index contributed by atoms with van der Waals surface area (Å²) < 4.78 is 33.9. The summed E-state index contributed by atoms with van der Waals surface area (Å²) in [5.41, 5.74) is 1.98. The number of nitrogens with one attached hydrogen (secondary N) is 1. The molecule has 3 aliphatic rings. The van der Waals surface area contributed by atoms with Crippen molar-refractivity contribution in [2.45, 2.75) is 63.6 Å². The van der Waals surface area contributed by atoms with E-state index in [0.717, 1.165) is 18.4 Å². The Bertz CT molecular complexity index is 1350. The molecule has 2 fully saturated rings. The lowest BCUT2D eigenvalue weighted by Gasteiger charge is -2.33. The fraction of sp³-hybridized carbons (Fsp3) is 0.464. The number of carbonyl (C=O) groups excluding carboxylic acids is 3. The van der Waals surface area contributed by atoms with Crippen LogP contribution in [0.3, 0.4) is 0 Å². The Morgan fingerprint density at radius 1 is 1.00 bits per heavy atom. The van der Waals surface area contributed by atoms with Gasteiger partial charge in [0.1, 0.15) is 18.4 Å². The van der Waals surface area contributed by atoms with Crippen molar-refractivity contribution in [3.8, 4) is 5.75 Å². The van der Waals surface area contributed by atoms with Crippen molar-refractivity contribution >= 4 is 27.7 Å². The molecule has 3 heterocycles. The van der Waals surface area contributed by atoms with Crippen LogP contribution >= 0.6 is 0 Å². The van der Waals surface area contributed by atoms with E-state index in [1.54, 1.807) is 46.8 Å². The fourth-order valence-corrected chi connectivity index (χ4v) is 7.01. The maximum absolute atomic E-state index is 13.1. The first-order valence-corrected chi connectivity index (χ1v) is 14.6. The lowest BCUT2D eigenvalue weighted by molar-refractivity contribution is -0.136. The first-order valence-electron chi connectivity index (χ1n) is 13.1. The summed E-state index contributed by atoms with van der Waals surface area (Å²) in [5, 5.41) is 2.31. The zero-order chi connectivity index (χ0) is 27.0. The van der Waals surface area contributed by atoms with Gasteiger partial charge in [-0.2, -0.15) is 4.31 Å². The minimum Gasteiger partial charge on any atom is -0.489 e. The largest absolute Gasteiger partial charge is 0.489 e. The number of hydrogen-bond acceptors (Lipinski definition) is 6. The zero-order valence-electron chi connectivity index (χ0n) is 21.7. The fourth-order valence-electron chi connectivity index (χ4n) is 5.54. The minimum absolute atomic E-state index is 0.196. The molecular weight excluding hydrogens is 506 g/mol. The molecular formula is C28H33N3O6S. The summed E-state index contributed by atoms with van der Waals surface area (Å²) in [6.07, 6.45) is 2.26. The van der Waals surface area contributed by atoms with Crippen LogP contribution in [0, 0.1) is 11.8 Å². The number of benzene rings is 2. The normalized spacial score (nSPS) is 21.1. The van der Waals surface area contributed by atoms with Gasteiger partial charge in [0.05, 0.1) is 11.4 Å². The average molecular weight is 540 g/mol. The van der Waals surface area contributed by atoms with Crippen molar-refractivity contribution in [2.24, 2.45) is 11.8 Å². The van der Waals surface area contributed by atoms with Gasteiger partial charge in [-0.05, 0) is 60.9 Å². The number of amides is 3. The van der Waals surface area contributed by atoms with Crippen LogP contribution in [0.2, 0.25) is 0 Å². The molecule has 2 aromatic carbocycles. The third-order valence-corrected chi connectivity index (χ3v) is 9.85. The van der Waals surface area contributed by atoms with Crippen molar-refractivity contribution in [3.63, 3.8) is 0 Å². The maximum Gasteiger partial charge on any atom is 0.255 e. The molecule has 2 aromatic rings. The molecule has 0 aromatic heterocycles. The molecule has 0 bridgehead atoms. The molecule has 5 rings (SSSR count). The molecule has 0 spiro atoms. The number of sulfonamides is 1.